The second kappa shape index (κ2) is 11.4. The van der Waals surface area contributed by atoms with Gasteiger partial charge in [-0.25, -0.2) is 8.42 Å². The van der Waals surface area contributed by atoms with E-state index in [4.69, 9.17) is 49.0 Å². The zero-order valence-corrected chi connectivity index (χ0v) is 20.1. The first kappa shape index (κ1) is 25.1. The standard InChI is InChI=1S/C21H25Cl3O5S/c1-14(10-22)12-28-20-6-4-16(8-18(20)23)30(25,26)17-5-7-21(19(24)9-17)29-13-15(2)11-27-3/h4-9,14-15H,10-13H2,1-3H3/t14-,15+/m1/s1. The highest BCUT2D eigenvalue weighted by Gasteiger charge is 2.21. The zero-order valence-electron chi connectivity index (χ0n) is 17.0. The fourth-order valence-corrected chi connectivity index (χ4v) is 4.51. The average Bonchev–Trinajstić information content (AvgIpc) is 2.71. The van der Waals surface area contributed by atoms with E-state index in [1.54, 1.807) is 13.2 Å². The van der Waals surface area contributed by atoms with Crippen molar-refractivity contribution in [1.82, 2.24) is 0 Å². The molecule has 30 heavy (non-hydrogen) atoms. The van der Waals surface area contributed by atoms with E-state index in [2.05, 4.69) is 0 Å². The van der Waals surface area contributed by atoms with Crippen molar-refractivity contribution in [3.8, 4) is 11.5 Å². The minimum atomic E-state index is -3.81. The van der Waals surface area contributed by atoms with Crippen molar-refractivity contribution in [1.29, 1.82) is 0 Å². The van der Waals surface area contributed by atoms with Crippen LogP contribution >= 0.6 is 34.8 Å². The lowest BCUT2D eigenvalue weighted by atomic mass is 10.2. The quantitative estimate of drug-likeness (QED) is 0.372. The lowest BCUT2D eigenvalue weighted by molar-refractivity contribution is 0.127. The Balaban J connectivity index is 2.18. The van der Waals surface area contributed by atoms with Gasteiger partial charge in [-0.3, -0.25) is 0 Å². The first-order chi connectivity index (χ1) is 14.2. The van der Waals surface area contributed by atoms with Gasteiger partial charge in [0.25, 0.3) is 0 Å². The van der Waals surface area contributed by atoms with Crippen LogP contribution in [0.1, 0.15) is 13.8 Å². The van der Waals surface area contributed by atoms with Gasteiger partial charge in [-0.15, -0.1) is 11.6 Å². The van der Waals surface area contributed by atoms with Gasteiger partial charge in [-0.05, 0) is 36.4 Å². The first-order valence-electron chi connectivity index (χ1n) is 9.33. The maximum absolute atomic E-state index is 13.0. The molecule has 0 amide bonds. The molecule has 166 valence electrons. The molecule has 0 fully saturated rings. The number of benzene rings is 2. The summed E-state index contributed by atoms with van der Waals surface area (Å²) in [6.45, 7) is 5.25. The van der Waals surface area contributed by atoms with E-state index >= 15 is 0 Å². The molecule has 0 radical (unpaired) electrons. The molecule has 0 aliphatic carbocycles. The Hall–Kier alpha value is -1.18. The molecule has 0 unspecified atom stereocenters. The smallest absolute Gasteiger partial charge is 0.206 e. The van der Waals surface area contributed by atoms with Gasteiger partial charge in [-0.2, -0.15) is 0 Å². The minimum absolute atomic E-state index is 0.0451. The van der Waals surface area contributed by atoms with Gasteiger partial charge in [0.1, 0.15) is 11.5 Å². The molecule has 2 atom stereocenters. The summed E-state index contributed by atoms with van der Waals surface area (Å²) < 4.78 is 42.3. The van der Waals surface area contributed by atoms with E-state index < -0.39 is 9.84 Å². The maximum atomic E-state index is 13.0. The van der Waals surface area contributed by atoms with Crippen molar-refractivity contribution in [2.75, 3.05) is 32.8 Å². The SMILES string of the molecule is COC[C@H](C)COc1ccc(S(=O)(=O)c2ccc(OC[C@H](C)CCl)c(Cl)c2)cc1Cl. The van der Waals surface area contributed by atoms with E-state index in [1.807, 2.05) is 13.8 Å². The number of sulfone groups is 1. The highest BCUT2D eigenvalue weighted by atomic mass is 35.5. The third-order valence-corrected chi connectivity index (χ3v) is 7.06. The van der Waals surface area contributed by atoms with Crippen molar-refractivity contribution in [2.45, 2.75) is 23.6 Å². The van der Waals surface area contributed by atoms with Gasteiger partial charge in [0.05, 0.1) is 39.7 Å². The predicted octanol–water partition coefficient (Wildman–Crippen LogP) is 5.74. The Morgan fingerprint density at radius 2 is 1.30 bits per heavy atom. The monoisotopic (exact) mass is 494 g/mol. The lowest BCUT2D eigenvalue weighted by Crippen LogP contribution is -2.14. The zero-order chi connectivity index (χ0) is 22.3. The molecule has 2 aromatic carbocycles. The fraction of sp³-hybridized carbons (Fsp3) is 0.429. The lowest BCUT2D eigenvalue weighted by Gasteiger charge is -2.14. The average molecular weight is 496 g/mol. The van der Waals surface area contributed by atoms with Crippen molar-refractivity contribution in [2.24, 2.45) is 11.8 Å². The summed E-state index contributed by atoms with van der Waals surface area (Å²) in [6, 6.07) is 8.72. The highest BCUT2D eigenvalue weighted by molar-refractivity contribution is 7.91. The molecule has 0 aromatic heterocycles. The summed E-state index contributed by atoms with van der Waals surface area (Å²) in [6.07, 6.45) is 0. The van der Waals surface area contributed by atoms with Crippen LogP contribution in [0.5, 0.6) is 11.5 Å². The summed E-state index contributed by atoms with van der Waals surface area (Å²) in [5, 5.41) is 0.415. The summed E-state index contributed by atoms with van der Waals surface area (Å²) in [4.78, 5) is 0.0916. The van der Waals surface area contributed by atoms with E-state index in [1.165, 1.54) is 30.3 Å². The summed E-state index contributed by atoms with van der Waals surface area (Å²) in [5.41, 5.74) is 0. The normalized spacial score (nSPS) is 13.7. The molecule has 0 N–H and O–H groups in total. The third kappa shape index (κ3) is 6.66. The maximum Gasteiger partial charge on any atom is 0.206 e. The van der Waals surface area contributed by atoms with Crippen LogP contribution in [0.25, 0.3) is 0 Å². The molecule has 0 aliphatic heterocycles. The highest BCUT2D eigenvalue weighted by Crippen LogP contribution is 2.33. The second-order valence-electron chi connectivity index (χ2n) is 7.13. The Morgan fingerprint density at radius 3 is 1.70 bits per heavy atom. The third-order valence-electron chi connectivity index (χ3n) is 4.19. The molecule has 2 aromatic rings. The van der Waals surface area contributed by atoms with Crippen LogP contribution in [0.4, 0.5) is 0 Å². The van der Waals surface area contributed by atoms with Crippen LogP contribution in [0.15, 0.2) is 46.2 Å². The van der Waals surface area contributed by atoms with Crippen LogP contribution < -0.4 is 9.47 Å². The number of alkyl halides is 1. The van der Waals surface area contributed by atoms with Crippen molar-refractivity contribution in [3.05, 3.63) is 46.4 Å². The fourth-order valence-electron chi connectivity index (χ4n) is 2.51. The Labute approximate surface area is 193 Å². The first-order valence-corrected chi connectivity index (χ1v) is 12.1. The van der Waals surface area contributed by atoms with Gasteiger partial charge in [0, 0.05) is 24.8 Å². The van der Waals surface area contributed by atoms with Crippen molar-refractivity contribution < 1.29 is 22.6 Å². The molecular weight excluding hydrogens is 471 g/mol. The van der Waals surface area contributed by atoms with E-state index in [0.717, 1.165) is 0 Å². The number of rotatable bonds is 11. The Morgan fingerprint density at radius 1 is 0.833 bits per heavy atom. The van der Waals surface area contributed by atoms with Crippen LogP contribution in [0.3, 0.4) is 0 Å². The minimum Gasteiger partial charge on any atom is -0.492 e. The molecule has 0 heterocycles. The van der Waals surface area contributed by atoms with Crippen LogP contribution in [-0.4, -0.2) is 41.2 Å². The number of halogens is 3. The van der Waals surface area contributed by atoms with Crippen LogP contribution in [-0.2, 0) is 14.6 Å². The number of hydrogen-bond donors (Lipinski definition) is 0. The van der Waals surface area contributed by atoms with Gasteiger partial charge < -0.3 is 14.2 Å². The van der Waals surface area contributed by atoms with Crippen molar-refractivity contribution in [3.63, 3.8) is 0 Å². The molecule has 2 rings (SSSR count). The van der Waals surface area contributed by atoms with Gasteiger partial charge >= 0.3 is 0 Å². The van der Waals surface area contributed by atoms with Crippen molar-refractivity contribution >= 4 is 44.6 Å². The Bertz CT molecular complexity index is 950. The van der Waals surface area contributed by atoms with E-state index in [9.17, 15) is 8.42 Å². The summed E-state index contributed by atoms with van der Waals surface area (Å²) in [7, 11) is -2.19. The summed E-state index contributed by atoms with van der Waals surface area (Å²) in [5.74, 6) is 1.58. The van der Waals surface area contributed by atoms with Gasteiger partial charge in [0.2, 0.25) is 9.84 Å². The molecule has 0 bridgehead atoms. The second-order valence-corrected chi connectivity index (χ2v) is 10.2. The Kier molecular flexibility index (Phi) is 9.57. The van der Waals surface area contributed by atoms with Gasteiger partial charge in [0.15, 0.2) is 0 Å². The van der Waals surface area contributed by atoms with E-state index in [0.29, 0.717) is 37.2 Å². The molecule has 5 nitrogen and oxygen atoms in total. The molecule has 0 spiro atoms. The van der Waals surface area contributed by atoms with Gasteiger partial charge in [-0.1, -0.05) is 37.0 Å². The number of methoxy groups -OCH3 is 1. The molecule has 0 saturated carbocycles. The number of ether oxygens (including phenoxy) is 3. The molecule has 0 saturated heterocycles. The predicted molar refractivity (Wildman–Crippen MR) is 120 cm³/mol. The molecule has 0 aliphatic rings. The largest absolute Gasteiger partial charge is 0.492 e. The van der Waals surface area contributed by atoms with Crippen LogP contribution in [0.2, 0.25) is 10.0 Å². The van der Waals surface area contributed by atoms with Crippen LogP contribution in [0, 0.1) is 11.8 Å². The molecular formula is C21H25Cl3O5S. The molecule has 9 heteroatoms. The topological polar surface area (TPSA) is 61.8 Å². The number of hydrogen-bond acceptors (Lipinski definition) is 5. The van der Waals surface area contributed by atoms with E-state index in [-0.39, 0.29) is 31.7 Å². The summed E-state index contributed by atoms with van der Waals surface area (Å²) >= 11 is 18.2.